The van der Waals surface area contributed by atoms with E-state index in [4.69, 9.17) is 10.2 Å². The van der Waals surface area contributed by atoms with Crippen molar-refractivity contribution in [2.24, 2.45) is 0 Å². The fourth-order valence-corrected chi connectivity index (χ4v) is 2.17. The molecule has 1 atom stereocenters. The highest BCUT2D eigenvalue weighted by Crippen LogP contribution is 2.30. The van der Waals surface area contributed by atoms with Crippen molar-refractivity contribution in [2.45, 2.75) is 32.7 Å². The predicted molar refractivity (Wildman–Crippen MR) is 88.0 cm³/mol. The number of hydrogen-bond donors (Lipinski definition) is 3. The molecule has 1 unspecified atom stereocenters. The molecular formula is C15H23N3O5. The minimum absolute atomic E-state index is 0.126. The minimum atomic E-state index is -1.08. The Morgan fingerprint density at radius 3 is 2.65 bits per heavy atom. The average molecular weight is 325 g/mol. The maximum Gasteiger partial charge on any atom is 0.325 e. The van der Waals surface area contributed by atoms with Crippen molar-refractivity contribution in [3.63, 3.8) is 0 Å². The van der Waals surface area contributed by atoms with E-state index in [0.29, 0.717) is 19.5 Å². The smallest absolute Gasteiger partial charge is 0.325 e. The van der Waals surface area contributed by atoms with Crippen molar-refractivity contribution in [2.75, 3.05) is 29.9 Å². The molecular weight excluding hydrogens is 302 g/mol. The van der Waals surface area contributed by atoms with Crippen LogP contribution in [0.4, 0.5) is 17.1 Å². The van der Waals surface area contributed by atoms with Gasteiger partial charge in [-0.05, 0) is 38.8 Å². The number of rotatable bonds is 10. The zero-order valence-corrected chi connectivity index (χ0v) is 13.4. The monoisotopic (exact) mass is 325 g/mol. The van der Waals surface area contributed by atoms with Crippen molar-refractivity contribution in [3.8, 4) is 0 Å². The summed E-state index contributed by atoms with van der Waals surface area (Å²) in [6, 6.07) is 3.69. The van der Waals surface area contributed by atoms with Crippen LogP contribution in [0.15, 0.2) is 18.2 Å². The first-order valence-electron chi connectivity index (χ1n) is 7.54. The number of anilines is 2. The summed E-state index contributed by atoms with van der Waals surface area (Å²) in [4.78, 5) is 23.6. The first-order valence-corrected chi connectivity index (χ1v) is 7.54. The third kappa shape index (κ3) is 5.41. The summed E-state index contributed by atoms with van der Waals surface area (Å²) in [5, 5.41) is 31.6. The second kappa shape index (κ2) is 8.94. The number of nitrogens with zero attached hydrogens (tertiary/aromatic N) is 2. The zero-order valence-electron chi connectivity index (χ0n) is 13.4. The molecule has 0 aliphatic carbocycles. The van der Waals surface area contributed by atoms with Gasteiger partial charge in [0, 0.05) is 31.5 Å². The number of hydrogen-bond acceptors (Lipinski definition) is 6. The number of aliphatic carboxylic acids is 1. The van der Waals surface area contributed by atoms with Gasteiger partial charge >= 0.3 is 5.97 Å². The summed E-state index contributed by atoms with van der Waals surface area (Å²) >= 11 is 0. The number of nitrogens with one attached hydrogen (secondary N) is 1. The van der Waals surface area contributed by atoms with Crippen molar-refractivity contribution in [1.29, 1.82) is 0 Å². The van der Waals surface area contributed by atoms with Gasteiger partial charge in [0.05, 0.1) is 4.92 Å². The highest BCUT2D eigenvalue weighted by molar-refractivity contribution is 5.79. The van der Waals surface area contributed by atoms with E-state index >= 15 is 0 Å². The van der Waals surface area contributed by atoms with Crippen LogP contribution in [0.25, 0.3) is 0 Å². The Labute approximate surface area is 134 Å². The molecule has 0 aliphatic heterocycles. The lowest BCUT2D eigenvalue weighted by molar-refractivity contribution is -0.384. The highest BCUT2D eigenvalue weighted by atomic mass is 16.6. The average Bonchev–Trinajstić information content (AvgIpc) is 2.51. The SMILES string of the molecule is CCN(CCCCO)c1ccc([N+](=O)[O-])c(NC(C)C(=O)O)c1. The Morgan fingerprint density at radius 1 is 1.43 bits per heavy atom. The molecule has 3 N–H and O–H groups in total. The molecule has 1 aromatic carbocycles. The van der Waals surface area contributed by atoms with Gasteiger partial charge in [0.25, 0.3) is 5.69 Å². The summed E-state index contributed by atoms with van der Waals surface area (Å²) in [7, 11) is 0. The topological polar surface area (TPSA) is 116 Å². The molecule has 0 bridgehead atoms. The Morgan fingerprint density at radius 2 is 2.13 bits per heavy atom. The third-order valence-electron chi connectivity index (χ3n) is 3.50. The third-order valence-corrected chi connectivity index (χ3v) is 3.50. The molecule has 0 saturated heterocycles. The molecule has 0 aromatic heterocycles. The van der Waals surface area contributed by atoms with Crippen LogP contribution in [0.5, 0.6) is 0 Å². The van der Waals surface area contributed by atoms with Crippen LogP contribution in [-0.2, 0) is 4.79 Å². The van der Waals surface area contributed by atoms with Gasteiger partial charge in [-0.15, -0.1) is 0 Å². The molecule has 1 aromatic rings. The van der Waals surface area contributed by atoms with Crippen LogP contribution < -0.4 is 10.2 Å². The second-order valence-electron chi connectivity index (χ2n) is 5.17. The summed E-state index contributed by atoms with van der Waals surface area (Å²) in [5.41, 5.74) is 0.799. The fourth-order valence-electron chi connectivity index (χ4n) is 2.17. The zero-order chi connectivity index (χ0) is 17.4. The summed E-state index contributed by atoms with van der Waals surface area (Å²) in [5.74, 6) is -1.08. The Hall–Kier alpha value is -2.35. The Kier molecular flexibility index (Phi) is 7.27. The molecule has 0 aliphatic rings. The van der Waals surface area contributed by atoms with E-state index in [9.17, 15) is 14.9 Å². The van der Waals surface area contributed by atoms with Gasteiger partial charge in [0.1, 0.15) is 11.7 Å². The van der Waals surface area contributed by atoms with Gasteiger partial charge < -0.3 is 20.4 Å². The van der Waals surface area contributed by atoms with Gasteiger partial charge in [-0.3, -0.25) is 14.9 Å². The van der Waals surface area contributed by atoms with Crippen LogP contribution in [0.2, 0.25) is 0 Å². The molecule has 8 nitrogen and oxygen atoms in total. The molecule has 128 valence electrons. The van der Waals surface area contributed by atoms with E-state index in [1.165, 1.54) is 13.0 Å². The molecule has 0 spiro atoms. The molecule has 23 heavy (non-hydrogen) atoms. The van der Waals surface area contributed by atoms with Crippen molar-refractivity contribution in [3.05, 3.63) is 28.3 Å². The number of benzene rings is 1. The molecule has 0 heterocycles. The molecule has 8 heteroatoms. The largest absolute Gasteiger partial charge is 0.480 e. The van der Waals surface area contributed by atoms with Gasteiger partial charge in [-0.1, -0.05) is 0 Å². The molecule has 0 saturated carbocycles. The van der Waals surface area contributed by atoms with E-state index in [-0.39, 0.29) is 18.0 Å². The van der Waals surface area contributed by atoms with Crippen LogP contribution >= 0.6 is 0 Å². The molecule has 0 fully saturated rings. The lowest BCUT2D eigenvalue weighted by atomic mass is 10.2. The van der Waals surface area contributed by atoms with Crippen molar-refractivity contribution < 1.29 is 19.9 Å². The fraction of sp³-hybridized carbons (Fsp3) is 0.533. The number of unbranched alkanes of at least 4 members (excludes halogenated alkanes) is 1. The summed E-state index contributed by atoms with van der Waals surface area (Å²) in [6.07, 6.45) is 1.49. The minimum Gasteiger partial charge on any atom is -0.480 e. The van der Waals surface area contributed by atoms with E-state index in [0.717, 1.165) is 12.1 Å². The van der Waals surface area contributed by atoms with Crippen molar-refractivity contribution in [1.82, 2.24) is 0 Å². The van der Waals surface area contributed by atoms with Crippen LogP contribution in [0.1, 0.15) is 26.7 Å². The lowest BCUT2D eigenvalue weighted by Gasteiger charge is -2.24. The summed E-state index contributed by atoms with van der Waals surface area (Å²) in [6.45, 7) is 4.94. The molecule has 0 amide bonds. The maximum atomic E-state index is 11.1. The number of nitro benzene ring substituents is 1. The molecule has 1 rings (SSSR count). The predicted octanol–water partition coefficient (Wildman–Crippen LogP) is 2.08. The van der Waals surface area contributed by atoms with Crippen LogP contribution in [0.3, 0.4) is 0 Å². The van der Waals surface area contributed by atoms with E-state index < -0.39 is 16.9 Å². The van der Waals surface area contributed by atoms with Gasteiger partial charge in [-0.25, -0.2) is 0 Å². The number of aliphatic hydroxyl groups excluding tert-OH is 1. The number of carboxylic acid groups (broad SMARTS) is 1. The highest BCUT2D eigenvalue weighted by Gasteiger charge is 2.20. The quantitative estimate of drug-likeness (QED) is 0.342. The van der Waals surface area contributed by atoms with E-state index in [1.54, 1.807) is 12.1 Å². The number of carboxylic acids is 1. The van der Waals surface area contributed by atoms with E-state index in [1.807, 2.05) is 11.8 Å². The lowest BCUT2D eigenvalue weighted by Crippen LogP contribution is -2.27. The van der Waals surface area contributed by atoms with Crippen LogP contribution in [-0.4, -0.2) is 46.8 Å². The number of aliphatic hydroxyl groups is 1. The van der Waals surface area contributed by atoms with Gasteiger partial charge in [0.15, 0.2) is 0 Å². The first-order chi connectivity index (χ1) is 10.9. The Bertz CT molecular complexity index is 550. The standard InChI is InChI=1S/C15H23N3O5/c1-3-17(8-4-5-9-19)12-6-7-14(18(22)23)13(10-12)16-11(2)15(20)21/h6-7,10-11,16,19H,3-5,8-9H2,1-2H3,(H,20,21). The van der Waals surface area contributed by atoms with Crippen LogP contribution in [0, 0.1) is 10.1 Å². The first kappa shape index (κ1) is 18.7. The molecule has 0 radical (unpaired) electrons. The Balaban J connectivity index is 3.05. The van der Waals surface area contributed by atoms with Crippen molar-refractivity contribution >= 4 is 23.0 Å². The number of nitro groups is 1. The maximum absolute atomic E-state index is 11.1. The van der Waals surface area contributed by atoms with Gasteiger partial charge in [0.2, 0.25) is 0 Å². The van der Waals surface area contributed by atoms with Gasteiger partial charge in [-0.2, -0.15) is 0 Å². The van der Waals surface area contributed by atoms with E-state index in [2.05, 4.69) is 5.32 Å². The summed E-state index contributed by atoms with van der Waals surface area (Å²) < 4.78 is 0. The number of carbonyl (C=O) groups is 1. The normalized spacial score (nSPS) is 11.8. The second-order valence-corrected chi connectivity index (χ2v) is 5.17.